The van der Waals surface area contributed by atoms with E-state index in [1.165, 1.54) is 17.7 Å². The summed E-state index contributed by atoms with van der Waals surface area (Å²) >= 11 is 14.4. The lowest BCUT2D eigenvalue weighted by Crippen LogP contribution is -2.35. The number of halogens is 2. The van der Waals surface area contributed by atoms with Gasteiger partial charge >= 0.3 is 0 Å². The third-order valence-corrected chi connectivity index (χ3v) is 5.59. The fraction of sp³-hybridized carbons (Fsp3) is 0.375. The second-order valence-corrected chi connectivity index (χ2v) is 7.19. The standard InChI is InChI=1S/C16H18Cl2N2S/c17-14-5-1-4-13(16(14)18)15(9-19)20(11-6-7-11)10-12-3-2-8-21-12/h1-5,8,11,15H,6-7,9-10,19H2. The molecule has 1 fully saturated rings. The predicted molar refractivity (Wildman–Crippen MR) is 91.1 cm³/mol. The molecule has 1 heterocycles. The minimum atomic E-state index is 0.116. The van der Waals surface area contributed by atoms with Crippen LogP contribution in [0.15, 0.2) is 35.7 Å². The SMILES string of the molecule is NCC(c1cccc(Cl)c1Cl)N(Cc1cccs1)C1CC1. The lowest BCUT2D eigenvalue weighted by molar-refractivity contribution is 0.184. The molecule has 2 N–H and O–H groups in total. The highest BCUT2D eigenvalue weighted by molar-refractivity contribution is 7.09. The highest BCUT2D eigenvalue weighted by atomic mass is 35.5. The van der Waals surface area contributed by atoms with E-state index in [2.05, 4.69) is 22.4 Å². The minimum absolute atomic E-state index is 0.116. The van der Waals surface area contributed by atoms with Crippen LogP contribution in [0.2, 0.25) is 10.0 Å². The van der Waals surface area contributed by atoms with E-state index < -0.39 is 0 Å². The third kappa shape index (κ3) is 3.43. The second-order valence-electron chi connectivity index (χ2n) is 5.38. The average Bonchev–Trinajstić information content (AvgIpc) is 3.20. The summed E-state index contributed by atoms with van der Waals surface area (Å²) in [7, 11) is 0. The molecule has 0 saturated heterocycles. The smallest absolute Gasteiger partial charge is 0.0640 e. The third-order valence-electron chi connectivity index (χ3n) is 3.90. The first-order valence-corrected chi connectivity index (χ1v) is 8.76. The molecule has 1 unspecified atom stereocenters. The topological polar surface area (TPSA) is 29.3 Å². The van der Waals surface area contributed by atoms with Gasteiger partial charge in [-0.2, -0.15) is 0 Å². The predicted octanol–water partition coefficient (Wildman–Crippen LogP) is 4.72. The Balaban J connectivity index is 1.90. The highest BCUT2D eigenvalue weighted by Gasteiger charge is 2.35. The summed E-state index contributed by atoms with van der Waals surface area (Å²) in [5.41, 5.74) is 7.12. The van der Waals surface area contributed by atoms with Crippen molar-refractivity contribution in [2.24, 2.45) is 5.73 Å². The quantitative estimate of drug-likeness (QED) is 0.824. The molecule has 5 heteroatoms. The molecule has 0 aliphatic heterocycles. The molecule has 1 aliphatic rings. The van der Waals surface area contributed by atoms with Crippen molar-refractivity contribution in [2.75, 3.05) is 6.54 Å². The fourth-order valence-electron chi connectivity index (χ4n) is 2.70. The first kappa shape index (κ1) is 15.3. The van der Waals surface area contributed by atoms with Crippen LogP contribution in [0.1, 0.15) is 29.3 Å². The molecule has 0 spiro atoms. The first-order chi connectivity index (χ1) is 10.2. The largest absolute Gasteiger partial charge is 0.329 e. The maximum Gasteiger partial charge on any atom is 0.0640 e. The van der Waals surface area contributed by atoms with Crippen molar-refractivity contribution in [2.45, 2.75) is 31.5 Å². The normalized spacial score (nSPS) is 16.4. The van der Waals surface area contributed by atoms with Gasteiger partial charge in [0, 0.05) is 30.1 Å². The van der Waals surface area contributed by atoms with E-state index in [0.717, 1.165) is 12.1 Å². The Morgan fingerprint density at radius 2 is 2.05 bits per heavy atom. The molecule has 2 nitrogen and oxygen atoms in total. The second kappa shape index (κ2) is 6.67. The molecule has 1 atom stereocenters. The van der Waals surface area contributed by atoms with E-state index in [-0.39, 0.29) is 6.04 Å². The Hall–Kier alpha value is -0.580. The Morgan fingerprint density at radius 1 is 1.24 bits per heavy atom. The van der Waals surface area contributed by atoms with Gasteiger partial charge in [0.25, 0.3) is 0 Å². The first-order valence-electron chi connectivity index (χ1n) is 7.12. The molecule has 0 bridgehead atoms. The summed E-state index contributed by atoms with van der Waals surface area (Å²) in [6.07, 6.45) is 2.47. The Kier molecular flexibility index (Phi) is 4.87. The van der Waals surface area contributed by atoms with Crippen LogP contribution in [0.25, 0.3) is 0 Å². The monoisotopic (exact) mass is 340 g/mol. The van der Waals surface area contributed by atoms with Gasteiger partial charge in [0.15, 0.2) is 0 Å². The minimum Gasteiger partial charge on any atom is -0.329 e. The van der Waals surface area contributed by atoms with E-state index >= 15 is 0 Å². The van der Waals surface area contributed by atoms with Crippen molar-refractivity contribution in [3.05, 3.63) is 56.2 Å². The van der Waals surface area contributed by atoms with Crippen LogP contribution in [0.5, 0.6) is 0 Å². The molecular formula is C16H18Cl2N2S. The molecule has 3 rings (SSSR count). The van der Waals surface area contributed by atoms with E-state index in [4.69, 9.17) is 28.9 Å². The van der Waals surface area contributed by atoms with Crippen LogP contribution in [-0.4, -0.2) is 17.5 Å². The van der Waals surface area contributed by atoms with Gasteiger partial charge in [0.2, 0.25) is 0 Å². The molecule has 2 aromatic rings. The highest BCUT2D eigenvalue weighted by Crippen LogP contribution is 2.39. The Bertz CT molecular complexity index is 596. The van der Waals surface area contributed by atoms with Gasteiger partial charge in [-0.15, -0.1) is 11.3 Å². The van der Waals surface area contributed by atoms with E-state index in [0.29, 0.717) is 22.6 Å². The van der Waals surface area contributed by atoms with Crippen molar-refractivity contribution in [3.63, 3.8) is 0 Å². The van der Waals surface area contributed by atoms with Crippen LogP contribution >= 0.6 is 34.5 Å². The van der Waals surface area contributed by atoms with Crippen molar-refractivity contribution < 1.29 is 0 Å². The van der Waals surface area contributed by atoms with Crippen molar-refractivity contribution in [3.8, 4) is 0 Å². The zero-order chi connectivity index (χ0) is 14.8. The van der Waals surface area contributed by atoms with Crippen molar-refractivity contribution in [1.82, 2.24) is 4.90 Å². The summed E-state index contributed by atoms with van der Waals surface area (Å²) < 4.78 is 0. The molecule has 1 aromatic heterocycles. The molecule has 1 aromatic carbocycles. The van der Waals surface area contributed by atoms with E-state index in [1.807, 2.05) is 18.2 Å². The fourth-order valence-corrected chi connectivity index (χ4v) is 3.85. The Morgan fingerprint density at radius 3 is 2.67 bits per heavy atom. The van der Waals surface area contributed by atoms with Gasteiger partial charge in [0.1, 0.15) is 0 Å². The van der Waals surface area contributed by atoms with Gasteiger partial charge < -0.3 is 5.73 Å². The van der Waals surface area contributed by atoms with Gasteiger partial charge in [-0.3, -0.25) is 4.90 Å². The number of rotatable bonds is 6. The number of thiophene rings is 1. The molecule has 0 radical (unpaired) electrons. The van der Waals surface area contributed by atoms with Crippen LogP contribution in [0, 0.1) is 0 Å². The lowest BCUT2D eigenvalue weighted by Gasteiger charge is -2.31. The van der Waals surface area contributed by atoms with Gasteiger partial charge in [-0.05, 0) is 35.9 Å². The summed E-state index contributed by atoms with van der Waals surface area (Å²) in [5.74, 6) is 0. The van der Waals surface area contributed by atoms with Crippen molar-refractivity contribution in [1.29, 1.82) is 0 Å². The average molecular weight is 341 g/mol. The van der Waals surface area contributed by atoms with Gasteiger partial charge in [-0.25, -0.2) is 0 Å². The van der Waals surface area contributed by atoms with Gasteiger partial charge in [0.05, 0.1) is 10.0 Å². The number of hydrogen-bond acceptors (Lipinski definition) is 3. The Labute approximate surface area is 139 Å². The van der Waals surface area contributed by atoms with Crippen LogP contribution < -0.4 is 5.73 Å². The molecule has 1 saturated carbocycles. The molecular weight excluding hydrogens is 323 g/mol. The number of nitrogens with zero attached hydrogens (tertiary/aromatic N) is 1. The summed E-state index contributed by atoms with van der Waals surface area (Å²) in [5, 5.41) is 3.34. The maximum atomic E-state index is 6.41. The zero-order valence-electron chi connectivity index (χ0n) is 11.6. The van der Waals surface area contributed by atoms with Crippen LogP contribution in [-0.2, 0) is 6.54 Å². The lowest BCUT2D eigenvalue weighted by atomic mass is 10.0. The van der Waals surface area contributed by atoms with E-state index in [9.17, 15) is 0 Å². The summed E-state index contributed by atoms with van der Waals surface area (Å²) in [4.78, 5) is 3.84. The summed E-state index contributed by atoms with van der Waals surface area (Å²) in [6.45, 7) is 1.47. The molecule has 0 amide bonds. The van der Waals surface area contributed by atoms with Crippen LogP contribution in [0.3, 0.4) is 0 Å². The zero-order valence-corrected chi connectivity index (χ0v) is 14.0. The number of nitrogens with two attached hydrogens (primary N) is 1. The number of hydrogen-bond donors (Lipinski definition) is 1. The van der Waals surface area contributed by atoms with E-state index in [1.54, 1.807) is 11.3 Å². The molecule has 112 valence electrons. The van der Waals surface area contributed by atoms with Gasteiger partial charge in [-0.1, -0.05) is 41.4 Å². The van der Waals surface area contributed by atoms with Crippen molar-refractivity contribution >= 4 is 34.5 Å². The molecule has 21 heavy (non-hydrogen) atoms. The van der Waals surface area contributed by atoms with Crippen LogP contribution in [0.4, 0.5) is 0 Å². The molecule has 1 aliphatic carbocycles. The maximum absolute atomic E-state index is 6.41. The summed E-state index contributed by atoms with van der Waals surface area (Å²) in [6, 6.07) is 10.8. The number of benzene rings is 1.